The predicted octanol–water partition coefficient (Wildman–Crippen LogP) is 2.58. The molecule has 0 N–H and O–H groups in total. The fourth-order valence-corrected chi connectivity index (χ4v) is 3.10. The van der Waals surface area contributed by atoms with Gasteiger partial charge in [-0.2, -0.15) is 0 Å². The van der Waals surface area contributed by atoms with E-state index in [0.717, 1.165) is 56.0 Å². The van der Waals surface area contributed by atoms with Crippen LogP contribution >= 0.6 is 0 Å². The van der Waals surface area contributed by atoms with Crippen molar-refractivity contribution >= 4 is 11.0 Å². The number of oxazole rings is 1. The lowest BCUT2D eigenvalue weighted by Gasteiger charge is -2.33. The second-order valence-electron chi connectivity index (χ2n) is 6.18. The minimum Gasteiger partial charge on any atom is -0.449 e. The lowest BCUT2D eigenvalue weighted by atomic mass is 10.2. The quantitative estimate of drug-likeness (QED) is 0.733. The molecule has 1 saturated heterocycles. The van der Waals surface area contributed by atoms with E-state index in [2.05, 4.69) is 19.9 Å². The van der Waals surface area contributed by atoms with Crippen LogP contribution in [0.3, 0.4) is 0 Å². The molecule has 24 heavy (non-hydrogen) atoms. The summed E-state index contributed by atoms with van der Waals surface area (Å²) in [5.41, 5.74) is 2.35. The summed E-state index contributed by atoms with van der Waals surface area (Å²) in [7, 11) is 0. The molecule has 1 fully saturated rings. The summed E-state index contributed by atoms with van der Waals surface area (Å²) < 4.78 is 23.7. The highest BCUT2D eigenvalue weighted by Crippen LogP contribution is 2.21. The van der Waals surface area contributed by atoms with Gasteiger partial charge in [-0.05, 0) is 12.1 Å². The van der Waals surface area contributed by atoms with Gasteiger partial charge in [0.2, 0.25) is 0 Å². The van der Waals surface area contributed by atoms with Crippen molar-refractivity contribution in [1.29, 1.82) is 0 Å². The molecule has 0 atom stereocenters. The van der Waals surface area contributed by atoms with Crippen molar-refractivity contribution in [3.8, 4) is 0 Å². The molecule has 1 aliphatic rings. The number of piperazine rings is 1. The Morgan fingerprint density at radius 3 is 2.58 bits per heavy atom. The monoisotopic (exact) mass is 330 g/mol. The topological polar surface area (TPSA) is 58.5 Å². The summed E-state index contributed by atoms with van der Waals surface area (Å²) in [5.74, 6) is 0.403. The van der Waals surface area contributed by atoms with Crippen LogP contribution in [-0.2, 0) is 13.1 Å². The summed E-state index contributed by atoms with van der Waals surface area (Å²) >= 11 is 0. The van der Waals surface area contributed by atoms with Crippen LogP contribution in [0.1, 0.15) is 17.3 Å². The number of rotatable bonds is 4. The third-order valence-corrected chi connectivity index (χ3v) is 4.40. The van der Waals surface area contributed by atoms with Gasteiger partial charge in [0.15, 0.2) is 11.5 Å². The number of aromatic nitrogens is 2. The van der Waals surface area contributed by atoms with Crippen molar-refractivity contribution in [3.05, 3.63) is 47.6 Å². The van der Waals surface area contributed by atoms with Gasteiger partial charge in [0.05, 0.1) is 5.69 Å². The molecule has 1 aliphatic heterocycles. The minimum atomic E-state index is -0.304. The third-order valence-electron chi connectivity index (χ3n) is 4.40. The van der Waals surface area contributed by atoms with Crippen molar-refractivity contribution in [2.45, 2.75) is 20.0 Å². The first-order chi connectivity index (χ1) is 11.7. The summed E-state index contributed by atoms with van der Waals surface area (Å²) in [6.45, 7) is 7.23. The van der Waals surface area contributed by atoms with Crippen LogP contribution in [0, 0.1) is 12.7 Å². The largest absolute Gasteiger partial charge is 0.449 e. The highest BCUT2D eigenvalue weighted by molar-refractivity contribution is 5.79. The second kappa shape index (κ2) is 6.33. The first-order valence-corrected chi connectivity index (χ1v) is 8.07. The molecule has 7 heteroatoms. The molecule has 0 unspecified atom stereocenters. The van der Waals surface area contributed by atoms with E-state index in [1.807, 2.05) is 6.92 Å². The lowest BCUT2D eigenvalue weighted by molar-refractivity contribution is 0.119. The van der Waals surface area contributed by atoms with Crippen LogP contribution in [0.4, 0.5) is 4.39 Å². The summed E-state index contributed by atoms with van der Waals surface area (Å²) in [6.07, 6.45) is 1.72. The SMILES string of the molecule is Cc1nc(CN2CCN(Cc3noc4cc(F)ccc34)CC2)co1. The maximum Gasteiger partial charge on any atom is 0.191 e. The molecule has 6 nitrogen and oxygen atoms in total. The van der Waals surface area contributed by atoms with Gasteiger partial charge in [-0.15, -0.1) is 0 Å². The normalized spacial score (nSPS) is 16.9. The summed E-state index contributed by atoms with van der Waals surface area (Å²) in [4.78, 5) is 9.05. The first-order valence-electron chi connectivity index (χ1n) is 8.07. The number of aryl methyl sites for hydroxylation is 1. The molecule has 126 valence electrons. The molecule has 3 heterocycles. The molecule has 4 rings (SSSR count). The molecule has 0 bridgehead atoms. The maximum atomic E-state index is 13.2. The Labute approximate surface area is 138 Å². The number of hydrogen-bond donors (Lipinski definition) is 0. The van der Waals surface area contributed by atoms with Gasteiger partial charge in [-0.25, -0.2) is 9.37 Å². The minimum absolute atomic E-state index is 0.304. The van der Waals surface area contributed by atoms with Crippen molar-refractivity contribution in [2.75, 3.05) is 26.2 Å². The van der Waals surface area contributed by atoms with Crippen LogP contribution in [0.2, 0.25) is 0 Å². The van der Waals surface area contributed by atoms with Crippen LogP contribution in [-0.4, -0.2) is 46.1 Å². The molecule has 0 aliphatic carbocycles. The van der Waals surface area contributed by atoms with Gasteiger partial charge in [0.1, 0.15) is 17.8 Å². The maximum absolute atomic E-state index is 13.2. The van der Waals surface area contributed by atoms with Crippen molar-refractivity contribution < 1.29 is 13.3 Å². The fraction of sp³-hybridized carbons (Fsp3) is 0.412. The van der Waals surface area contributed by atoms with E-state index in [9.17, 15) is 4.39 Å². The number of nitrogens with zero attached hydrogens (tertiary/aromatic N) is 4. The predicted molar refractivity (Wildman–Crippen MR) is 85.8 cm³/mol. The first kappa shape index (κ1) is 15.3. The van der Waals surface area contributed by atoms with E-state index < -0.39 is 0 Å². The zero-order valence-corrected chi connectivity index (χ0v) is 13.5. The summed E-state index contributed by atoms with van der Waals surface area (Å²) in [6, 6.07) is 4.56. The van der Waals surface area contributed by atoms with Crippen LogP contribution in [0.5, 0.6) is 0 Å². The van der Waals surface area contributed by atoms with Gasteiger partial charge in [0, 0.05) is 57.6 Å². The van der Waals surface area contributed by atoms with Crippen LogP contribution in [0.15, 0.2) is 33.4 Å². The van der Waals surface area contributed by atoms with Gasteiger partial charge in [0.25, 0.3) is 0 Å². The smallest absolute Gasteiger partial charge is 0.191 e. The van der Waals surface area contributed by atoms with Crippen LogP contribution in [0.25, 0.3) is 11.0 Å². The number of benzene rings is 1. The number of hydrogen-bond acceptors (Lipinski definition) is 6. The van der Waals surface area contributed by atoms with E-state index in [-0.39, 0.29) is 5.82 Å². The van der Waals surface area contributed by atoms with E-state index in [1.54, 1.807) is 12.3 Å². The molecule has 0 amide bonds. The molecule has 1 aromatic carbocycles. The van der Waals surface area contributed by atoms with E-state index in [1.165, 1.54) is 12.1 Å². The Balaban J connectivity index is 1.35. The Hall–Kier alpha value is -2.25. The molecule has 0 radical (unpaired) electrons. The lowest BCUT2D eigenvalue weighted by Crippen LogP contribution is -2.45. The standard InChI is InChI=1S/C17H19FN4O2/c1-12-19-14(11-23-12)9-21-4-6-22(7-5-21)10-16-15-3-2-13(18)8-17(15)24-20-16/h2-3,8,11H,4-7,9-10H2,1H3. The highest BCUT2D eigenvalue weighted by Gasteiger charge is 2.20. The fourth-order valence-electron chi connectivity index (χ4n) is 3.10. The Morgan fingerprint density at radius 2 is 1.88 bits per heavy atom. The second-order valence-corrected chi connectivity index (χ2v) is 6.18. The van der Waals surface area contributed by atoms with Crippen molar-refractivity contribution in [1.82, 2.24) is 19.9 Å². The third kappa shape index (κ3) is 3.18. The van der Waals surface area contributed by atoms with Crippen molar-refractivity contribution in [3.63, 3.8) is 0 Å². The molecule has 0 spiro atoms. The van der Waals surface area contributed by atoms with Crippen LogP contribution < -0.4 is 0 Å². The zero-order valence-electron chi connectivity index (χ0n) is 13.5. The average molecular weight is 330 g/mol. The number of halogens is 1. The Kier molecular flexibility index (Phi) is 4.03. The summed E-state index contributed by atoms with van der Waals surface area (Å²) in [5, 5.41) is 4.99. The van der Waals surface area contributed by atoms with Gasteiger partial charge in [-0.3, -0.25) is 9.80 Å². The van der Waals surface area contributed by atoms with E-state index >= 15 is 0 Å². The van der Waals surface area contributed by atoms with E-state index in [0.29, 0.717) is 11.5 Å². The van der Waals surface area contributed by atoms with Crippen molar-refractivity contribution in [2.24, 2.45) is 0 Å². The molecule has 3 aromatic rings. The molecule has 2 aromatic heterocycles. The van der Waals surface area contributed by atoms with Gasteiger partial charge in [-0.1, -0.05) is 5.16 Å². The molecular formula is C17H19FN4O2. The Bertz CT molecular complexity index is 836. The zero-order chi connectivity index (χ0) is 16.5. The molecule has 0 saturated carbocycles. The van der Waals surface area contributed by atoms with Gasteiger partial charge >= 0.3 is 0 Å². The highest BCUT2D eigenvalue weighted by atomic mass is 19.1. The number of fused-ring (bicyclic) bond motifs is 1. The Morgan fingerprint density at radius 1 is 1.12 bits per heavy atom. The van der Waals surface area contributed by atoms with Gasteiger partial charge < -0.3 is 8.94 Å². The van der Waals surface area contributed by atoms with E-state index in [4.69, 9.17) is 8.94 Å². The average Bonchev–Trinajstić information content (AvgIpc) is 3.15. The molecular weight excluding hydrogens is 311 g/mol.